The summed E-state index contributed by atoms with van der Waals surface area (Å²) in [6, 6.07) is 10.6. The number of benzene rings is 1. The summed E-state index contributed by atoms with van der Waals surface area (Å²) in [7, 11) is 0. The monoisotopic (exact) mass is 204 g/mol. The minimum atomic E-state index is -1.16. The van der Waals surface area contributed by atoms with E-state index in [-0.39, 0.29) is 13.0 Å². The average molecular weight is 204 g/mol. The molecule has 0 aliphatic carbocycles. The maximum Gasteiger partial charge on any atom is 0.253 e. The molecule has 0 heterocycles. The van der Waals surface area contributed by atoms with Crippen molar-refractivity contribution in [1.29, 1.82) is 5.26 Å². The Labute approximate surface area is 88.2 Å². The van der Waals surface area contributed by atoms with Gasteiger partial charge in [0, 0.05) is 6.54 Å². The quantitative estimate of drug-likeness (QED) is 0.711. The van der Waals surface area contributed by atoms with E-state index in [0.29, 0.717) is 5.56 Å². The van der Waals surface area contributed by atoms with Gasteiger partial charge in [0.25, 0.3) is 5.91 Å². The molecule has 1 aromatic rings. The molecule has 1 rings (SSSR count). The van der Waals surface area contributed by atoms with Gasteiger partial charge in [-0.25, -0.2) is 0 Å². The topological polar surface area (TPSA) is 73.1 Å². The predicted octanol–water partition coefficient (Wildman–Crippen LogP) is 0.750. The lowest BCUT2D eigenvalue weighted by molar-refractivity contribution is -0.129. The van der Waals surface area contributed by atoms with Crippen molar-refractivity contribution in [3.8, 4) is 6.07 Å². The van der Waals surface area contributed by atoms with E-state index in [0.717, 1.165) is 0 Å². The molecule has 0 saturated carbocycles. The van der Waals surface area contributed by atoms with Crippen LogP contribution in [-0.2, 0) is 4.79 Å². The highest BCUT2D eigenvalue weighted by atomic mass is 16.3. The van der Waals surface area contributed by atoms with Crippen molar-refractivity contribution in [3.63, 3.8) is 0 Å². The van der Waals surface area contributed by atoms with Crippen LogP contribution in [0.5, 0.6) is 0 Å². The number of nitrogens with one attached hydrogen (secondary N) is 1. The first kappa shape index (κ1) is 11.2. The number of amides is 1. The zero-order chi connectivity index (χ0) is 11.1. The van der Waals surface area contributed by atoms with Crippen LogP contribution in [0.1, 0.15) is 18.1 Å². The molecule has 0 spiro atoms. The van der Waals surface area contributed by atoms with Crippen molar-refractivity contribution in [2.45, 2.75) is 12.5 Å². The number of nitrogens with zero attached hydrogens (tertiary/aromatic N) is 1. The number of aliphatic hydroxyl groups is 1. The molecule has 0 aromatic heterocycles. The molecule has 2 N–H and O–H groups in total. The molecule has 0 aliphatic heterocycles. The molecule has 1 amide bonds. The minimum absolute atomic E-state index is 0.243. The Kier molecular flexibility index (Phi) is 4.32. The second-order valence-electron chi connectivity index (χ2n) is 3.01. The van der Waals surface area contributed by atoms with E-state index in [1.165, 1.54) is 0 Å². The lowest BCUT2D eigenvalue weighted by Crippen LogP contribution is -2.29. The van der Waals surface area contributed by atoms with Crippen LogP contribution in [0, 0.1) is 11.3 Å². The molecular weight excluding hydrogens is 192 g/mol. The van der Waals surface area contributed by atoms with Gasteiger partial charge in [0.2, 0.25) is 0 Å². The Bertz CT molecular complexity index is 357. The third-order valence-corrected chi connectivity index (χ3v) is 1.90. The first-order chi connectivity index (χ1) is 7.25. The van der Waals surface area contributed by atoms with Crippen LogP contribution >= 0.6 is 0 Å². The summed E-state index contributed by atoms with van der Waals surface area (Å²) < 4.78 is 0. The van der Waals surface area contributed by atoms with Gasteiger partial charge in [-0.05, 0) is 5.56 Å². The number of hydrogen-bond acceptors (Lipinski definition) is 3. The van der Waals surface area contributed by atoms with Crippen LogP contribution in [0.2, 0.25) is 0 Å². The van der Waals surface area contributed by atoms with Crippen LogP contribution in [0.15, 0.2) is 30.3 Å². The molecule has 0 aliphatic rings. The Hall–Kier alpha value is -1.86. The molecule has 0 bridgehead atoms. The Morgan fingerprint density at radius 3 is 2.73 bits per heavy atom. The van der Waals surface area contributed by atoms with Gasteiger partial charge in [0.1, 0.15) is 0 Å². The van der Waals surface area contributed by atoms with E-state index in [1.807, 2.05) is 12.1 Å². The molecule has 78 valence electrons. The lowest BCUT2D eigenvalue weighted by Gasteiger charge is -2.10. The SMILES string of the molecule is N#CCCNC(=O)C(O)c1ccccc1. The van der Waals surface area contributed by atoms with E-state index >= 15 is 0 Å². The van der Waals surface area contributed by atoms with E-state index in [4.69, 9.17) is 5.26 Å². The molecule has 1 aromatic carbocycles. The van der Waals surface area contributed by atoms with Crippen LogP contribution in [0.4, 0.5) is 0 Å². The van der Waals surface area contributed by atoms with Crippen molar-refractivity contribution in [1.82, 2.24) is 5.32 Å². The fourth-order valence-electron chi connectivity index (χ4n) is 1.12. The third kappa shape index (κ3) is 3.41. The minimum Gasteiger partial charge on any atom is -0.378 e. The van der Waals surface area contributed by atoms with Gasteiger partial charge in [-0.1, -0.05) is 30.3 Å². The number of rotatable bonds is 4. The summed E-state index contributed by atoms with van der Waals surface area (Å²) in [6.07, 6.45) is -0.919. The summed E-state index contributed by atoms with van der Waals surface area (Å²) in [5.74, 6) is -0.476. The zero-order valence-electron chi connectivity index (χ0n) is 8.18. The van der Waals surface area contributed by atoms with Gasteiger partial charge < -0.3 is 10.4 Å². The Balaban J connectivity index is 2.51. The molecule has 0 saturated heterocycles. The van der Waals surface area contributed by atoms with Crippen molar-refractivity contribution in [3.05, 3.63) is 35.9 Å². The second kappa shape index (κ2) is 5.78. The molecule has 1 unspecified atom stereocenters. The number of nitriles is 1. The molecular formula is C11H12N2O2. The van der Waals surface area contributed by atoms with Gasteiger partial charge in [0.15, 0.2) is 6.10 Å². The van der Waals surface area contributed by atoms with Gasteiger partial charge in [-0.2, -0.15) is 5.26 Å². The Morgan fingerprint density at radius 2 is 2.13 bits per heavy atom. The molecule has 1 atom stereocenters. The number of carbonyl (C=O) groups excluding carboxylic acids is 1. The smallest absolute Gasteiger partial charge is 0.253 e. The van der Waals surface area contributed by atoms with Crippen LogP contribution in [-0.4, -0.2) is 17.6 Å². The first-order valence-corrected chi connectivity index (χ1v) is 4.63. The first-order valence-electron chi connectivity index (χ1n) is 4.63. The van der Waals surface area contributed by atoms with Crippen molar-refractivity contribution in [2.24, 2.45) is 0 Å². The summed E-state index contributed by atoms with van der Waals surface area (Å²) >= 11 is 0. The summed E-state index contributed by atoms with van der Waals surface area (Å²) in [4.78, 5) is 11.3. The Morgan fingerprint density at radius 1 is 1.47 bits per heavy atom. The van der Waals surface area contributed by atoms with Gasteiger partial charge in [0.05, 0.1) is 12.5 Å². The summed E-state index contributed by atoms with van der Waals surface area (Å²) in [5.41, 5.74) is 0.548. The predicted molar refractivity (Wildman–Crippen MR) is 54.6 cm³/mol. The number of hydrogen-bond donors (Lipinski definition) is 2. The fraction of sp³-hybridized carbons (Fsp3) is 0.273. The van der Waals surface area contributed by atoms with E-state index in [1.54, 1.807) is 24.3 Å². The maximum absolute atomic E-state index is 11.3. The van der Waals surface area contributed by atoms with Crippen molar-refractivity contribution in [2.75, 3.05) is 6.54 Å². The fourth-order valence-corrected chi connectivity index (χ4v) is 1.12. The largest absolute Gasteiger partial charge is 0.378 e. The van der Waals surface area contributed by atoms with Crippen LogP contribution < -0.4 is 5.32 Å². The summed E-state index contributed by atoms with van der Waals surface area (Å²) in [6.45, 7) is 0.263. The highest BCUT2D eigenvalue weighted by Crippen LogP contribution is 2.11. The standard InChI is InChI=1S/C11H12N2O2/c12-7-4-8-13-11(15)10(14)9-5-2-1-3-6-9/h1-3,5-6,10,14H,4,8H2,(H,13,15). The van der Waals surface area contributed by atoms with Crippen molar-refractivity contribution < 1.29 is 9.90 Å². The van der Waals surface area contributed by atoms with Gasteiger partial charge >= 0.3 is 0 Å². The lowest BCUT2D eigenvalue weighted by atomic mass is 10.1. The highest BCUT2D eigenvalue weighted by molar-refractivity contribution is 5.81. The number of aliphatic hydroxyl groups excluding tert-OH is 1. The molecule has 15 heavy (non-hydrogen) atoms. The van der Waals surface area contributed by atoms with E-state index in [9.17, 15) is 9.90 Å². The highest BCUT2D eigenvalue weighted by Gasteiger charge is 2.15. The molecule has 4 nitrogen and oxygen atoms in total. The second-order valence-corrected chi connectivity index (χ2v) is 3.01. The van der Waals surface area contributed by atoms with E-state index < -0.39 is 12.0 Å². The van der Waals surface area contributed by atoms with Crippen LogP contribution in [0.3, 0.4) is 0 Å². The molecule has 0 radical (unpaired) electrons. The van der Waals surface area contributed by atoms with Gasteiger partial charge in [-0.3, -0.25) is 4.79 Å². The van der Waals surface area contributed by atoms with Crippen LogP contribution in [0.25, 0.3) is 0 Å². The normalized spacial score (nSPS) is 11.5. The van der Waals surface area contributed by atoms with Crippen molar-refractivity contribution >= 4 is 5.91 Å². The van der Waals surface area contributed by atoms with Gasteiger partial charge in [-0.15, -0.1) is 0 Å². The number of carbonyl (C=O) groups is 1. The maximum atomic E-state index is 11.3. The third-order valence-electron chi connectivity index (χ3n) is 1.90. The van der Waals surface area contributed by atoms with E-state index in [2.05, 4.69) is 5.32 Å². The molecule has 0 fully saturated rings. The zero-order valence-corrected chi connectivity index (χ0v) is 8.18. The summed E-state index contributed by atoms with van der Waals surface area (Å²) in [5, 5.41) is 20.3. The molecule has 4 heteroatoms. The average Bonchev–Trinajstić information content (AvgIpc) is 2.29.